The van der Waals surface area contributed by atoms with Gasteiger partial charge >= 0.3 is 0 Å². The van der Waals surface area contributed by atoms with Crippen LogP contribution in [0.4, 0.5) is 0 Å². The Kier molecular flexibility index (Phi) is 2.54. The highest BCUT2D eigenvalue weighted by atomic mass is 32.1. The van der Waals surface area contributed by atoms with Gasteiger partial charge in [0.2, 0.25) is 0 Å². The minimum atomic E-state index is 0.528. The van der Waals surface area contributed by atoms with E-state index in [1.54, 1.807) is 18.2 Å². The van der Waals surface area contributed by atoms with Crippen molar-refractivity contribution in [2.75, 3.05) is 7.11 Å². The van der Waals surface area contributed by atoms with Crippen molar-refractivity contribution in [3.8, 4) is 5.75 Å². The Hall–Kier alpha value is -0.960. The van der Waals surface area contributed by atoms with Crippen LogP contribution >= 0.6 is 12.6 Å². The SMILES string of the molecule is COc1c(S)cccc1C=O. The molecule has 0 saturated heterocycles. The molecule has 0 aliphatic heterocycles. The molecule has 0 aliphatic rings. The maximum Gasteiger partial charge on any atom is 0.153 e. The van der Waals surface area contributed by atoms with Crippen LogP contribution in [0, 0.1) is 0 Å². The first kappa shape index (κ1) is 8.14. The van der Waals surface area contributed by atoms with Crippen molar-refractivity contribution in [1.82, 2.24) is 0 Å². The third kappa shape index (κ3) is 1.54. The van der Waals surface area contributed by atoms with Gasteiger partial charge in [0.1, 0.15) is 5.75 Å². The Morgan fingerprint density at radius 1 is 1.55 bits per heavy atom. The van der Waals surface area contributed by atoms with Crippen LogP contribution in [-0.2, 0) is 0 Å². The molecule has 0 spiro atoms. The van der Waals surface area contributed by atoms with E-state index < -0.39 is 0 Å². The van der Waals surface area contributed by atoms with E-state index in [9.17, 15) is 4.79 Å². The molecule has 0 aromatic heterocycles. The van der Waals surface area contributed by atoms with Gasteiger partial charge in [-0.2, -0.15) is 0 Å². The largest absolute Gasteiger partial charge is 0.495 e. The normalized spacial score (nSPS) is 9.27. The van der Waals surface area contributed by atoms with Gasteiger partial charge in [-0.1, -0.05) is 6.07 Å². The van der Waals surface area contributed by atoms with E-state index in [2.05, 4.69) is 12.6 Å². The minimum absolute atomic E-state index is 0.528. The second-order valence-corrected chi connectivity index (χ2v) is 2.50. The summed E-state index contributed by atoms with van der Waals surface area (Å²) in [5.74, 6) is 0.533. The standard InChI is InChI=1S/C8H8O2S/c1-10-8-6(5-9)3-2-4-7(8)11/h2-5,11H,1H3. The minimum Gasteiger partial charge on any atom is -0.495 e. The number of methoxy groups -OCH3 is 1. The summed E-state index contributed by atoms with van der Waals surface area (Å²) in [6.45, 7) is 0. The second-order valence-electron chi connectivity index (χ2n) is 2.02. The van der Waals surface area contributed by atoms with Crippen LogP contribution in [0.1, 0.15) is 10.4 Å². The molecule has 11 heavy (non-hydrogen) atoms. The van der Waals surface area contributed by atoms with Crippen molar-refractivity contribution >= 4 is 18.9 Å². The predicted molar refractivity (Wildman–Crippen MR) is 45.6 cm³/mol. The smallest absolute Gasteiger partial charge is 0.153 e. The molecule has 0 unspecified atom stereocenters. The zero-order valence-electron chi connectivity index (χ0n) is 6.07. The number of thiol groups is 1. The van der Waals surface area contributed by atoms with Crippen LogP contribution in [0.25, 0.3) is 0 Å². The second kappa shape index (κ2) is 3.44. The molecule has 0 atom stereocenters. The highest BCUT2D eigenvalue weighted by Gasteiger charge is 2.03. The van der Waals surface area contributed by atoms with E-state index in [1.165, 1.54) is 7.11 Å². The van der Waals surface area contributed by atoms with Crippen LogP contribution in [0.15, 0.2) is 23.1 Å². The number of rotatable bonds is 2. The number of hydrogen-bond acceptors (Lipinski definition) is 3. The zero-order chi connectivity index (χ0) is 8.27. The number of aldehydes is 1. The number of benzene rings is 1. The maximum atomic E-state index is 10.4. The van der Waals surface area contributed by atoms with E-state index in [-0.39, 0.29) is 0 Å². The van der Waals surface area contributed by atoms with Gasteiger partial charge in [0.15, 0.2) is 6.29 Å². The van der Waals surface area contributed by atoms with Crippen molar-refractivity contribution in [2.24, 2.45) is 0 Å². The van der Waals surface area contributed by atoms with Gasteiger partial charge in [0, 0.05) is 4.90 Å². The lowest BCUT2D eigenvalue weighted by molar-refractivity contribution is 0.112. The topological polar surface area (TPSA) is 26.3 Å². The van der Waals surface area contributed by atoms with Gasteiger partial charge < -0.3 is 4.74 Å². The van der Waals surface area contributed by atoms with Gasteiger partial charge in [0.05, 0.1) is 12.7 Å². The Bertz CT molecular complexity index is 271. The first-order chi connectivity index (χ1) is 5.29. The molecule has 1 aromatic rings. The fourth-order valence-corrected chi connectivity index (χ4v) is 1.16. The summed E-state index contributed by atoms with van der Waals surface area (Å²) in [5, 5.41) is 0. The molecule has 3 heteroatoms. The summed E-state index contributed by atoms with van der Waals surface area (Å²) >= 11 is 4.12. The Labute approximate surface area is 70.6 Å². The van der Waals surface area contributed by atoms with Gasteiger partial charge in [-0.3, -0.25) is 4.79 Å². The molecule has 2 nitrogen and oxygen atoms in total. The summed E-state index contributed by atoms with van der Waals surface area (Å²) in [7, 11) is 1.52. The van der Waals surface area contributed by atoms with E-state index in [0.29, 0.717) is 16.2 Å². The summed E-state index contributed by atoms with van der Waals surface area (Å²) in [4.78, 5) is 11.1. The van der Waals surface area contributed by atoms with Gasteiger partial charge in [-0.15, -0.1) is 12.6 Å². The van der Waals surface area contributed by atoms with E-state index in [4.69, 9.17) is 4.74 Å². The van der Waals surface area contributed by atoms with Crippen molar-refractivity contribution in [3.63, 3.8) is 0 Å². The Morgan fingerprint density at radius 3 is 2.73 bits per heavy atom. The number of ether oxygens (including phenoxy) is 1. The molecule has 1 rings (SSSR count). The molecule has 0 aliphatic carbocycles. The Morgan fingerprint density at radius 2 is 2.27 bits per heavy atom. The average molecular weight is 168 g/mol. The predicted octanol–water partition coefficient (Wildman–Crippen LogP) is 1.80. The molecular weight excluding hydrogens is 160 g/mol. The highest BCUT2D eigenvalue weighted by Crippen LogP contribution is 2.24. The van der Waals surface area contributed by atoms with E-state index >= 15 is 0 Å². The van der Waals surface area contributed by atoms with Crippen molar-refractivity contribution in [1.29, 1.82) is 0 Å². The van der Waals surface area contributed by atoms with Gasteiger partial charge in [-0.05, 0) is 12.1 Å². The fraction of sp³-hybridized carbons (Fsp3) is 0.125. The third-order valence-electron chi connectivity index (χ3n) is 1.36. The molecule has 1 aromatic carbocycles. The van der Waals surface area contributed by atoms with Crippen LogP contribution in [0.2, 0.25) is 0 Å². The maximum absolute atomic E-state index is 10.4. The van der Waals surface area contributed by atoms with Crippen LogP contribution < -0.4 is 4.74 Å². The first-order valence-electron chi connectivity index (χ1n) is 3.10. The Balaban J connectivity index is 3.23. The third-order valence-corrected chi connectivity index (χ3v) is 1.71. The number of para-hydroxylation sites is 1. The number of carbonyl (C=O) groups excluding carboxylic acids is 1. The van der Waals surface area contributed by atoms with E-state index in [1.807, 2.05) is 0 Å². The molecule has 0 radical (unpaired) electrons. The van der Waals surface area contributed by atoms with Crippen molar-refractivity contribution in [2.45, 2.75) is 4.90 Å². The lowest BCUT2D eigenvalue weighted by Gasteiger charge is -2.04. The van der Waals surface area contributed by atoms with E-state index in [0.717, 1.165) is 6.29 Å². The van der Waals surface area contributed by atoms with Gasteiger partial charge in [0.25, 0.3) is 0 Å². The number of carbonyl (C=O) groups is 1. The molecule has 58 valence electrons. The molecule has 0 heterocycles. The molecular formula is C8H8O2S. The first-order valence-corrected chi connectivity index (χ1v) is 3.55. The molecule has 0 bridgehead atoms. The summed E-state index contributed by atoms with van der Waals surface area (Å²) in [6, 6.07) is 5.22. The summed E-state index contributed by atoms with van der Waals surface area (Å²) < 4.78 is 4.96. The molecule has 0 amide bonds. The summed E-state index contributed by atoms with van der Waals surface area (Å²) in [6.07, 6.45) is 0.749. The monoisotopic (exact) mass is 168 g/mol. The van der Waals surface area contributed by atoms with Crippen LogP contribution in [0.5, 0.6) is 5.75 Å². The quantitative estimate of drug-likeness (QED) is 0.538. The average Bonchev–Trinajstić information content (AvgIpc) is 2.04. The molecule has 0 N–H and O–H groups in total. The van der Waals surface area contributed by atoms with Crippen LogP contribution in [0.3, 0.4) is 0 Å². The van der Waals surface area contributed by atoms with Crippen molar-refractivity contribution in [3.05, 3.63) is 23.8 Å². The zero-order valence-corrected chi connectivity index (χ0v) is 6.97. The molecule has 0 saturated carbocycles. The highest BCUT2D eigenvalue weighted by molar-refractivity contribution is 7.80. The summed E-state index contributed by atoms with van der Waals surface area (Å²) in [5.41, 5.74) is 0.528. The van der Waals surface area contributed by atoms with Crippen molar-refractivity contribution < 1.29 is 9.53 Å². The lowest BCUT2D eigenvalue weighted by atomic mass is 10.2. The number of hydrogen-bond donors (Lipinski definition) is 1. The van der Waals surface area contributed by atoms with Crippen LogP contribution in [-0.4, -0.2) is 13.4 Å². The molecule has 0 fully saturated rings. The fourth-order valence-electron chi connectivity index (χ4n) is 0.857. The van der Waals surface area contributed by atoms with Gasteiger partial charge in [-0.25, -0.2) is 0 Å². The lowest BCUT2D eigenvalue weighted by Crippen LogP contribution is -1.90.